The zero-order chi connectivity index (χ0) is 16.9. The van der Waals surface area contributed by atoms with Gasteiger partial charge in [-0.15, -0.1) is 0 Å². The van der Waals surface area contributed by atoms with Gasteiger partial charge in [0.2, 0.25) is 0 Å². The van der Waals surface area contributed by atoms with Crippen molar-refractivity contribution in [1.29, 1.82) is 0 Å². The van der Waals surface area contributed by atoms with Gasteiger partial charge in [0.15, 0.2) is 0 Å². The van der Waals surface area contributed by atoms with Crippen LogP contribution in [0.3, 0.4) is 0 Å². The summed E-state index contributed by atoms with van der Waals surface area (Å²) in [5.74, 6) is 1.74. The molecular weight excluding hydrogens is 302 g/mol. The minimum Gasteiger partial charge on any atom is -0.497 e. The average Bonchev–Trinajstić information content (AvgIpc) is 3.01. The molecule has 0 N–H and O–H groups in total. The molecule has 0 amide bonds. The van der Waals surface area contributed by atoms with Crippen LogP contribution in [0.5, 0.6) is 11.5 Å². The smallest absolute Gasteiger partial charge is 0.127 e. The molecule has 5 nitrogen and oxygen atoms in total. The Morgan fingerprint density at radius 3 is 2.21 bits per heavy atom. The number of rotatable bonds is 6. The summed E-state index contributed by atoms with van der Waals surface area (Å²) in [7, 11) is 5.51. The number of nitrogens with zero attached hydrogens (tertiary/aromatic N) is 3. The molecule has 24 heavy (non-hydrogen) atoms. The van der Waals surface area contributed by atoms with Gasteiger partial charge in [-0.3, -0.25) is 9.80 Å². The molecule has 0 spiro atoms. The molecule has 1 aliphatic rings. The molecule has 2 heterocycles. The molecule has 0 bridgehead atoms. The zero-order valence-electron chi connectivity index (χ0n) is 14.9. The van der Waals surface area contributed by atoms with Crippen molar-refractivity contribution >= 4 is 0 Å². The minimum atomic E-state index is 0.836. The van der Waals surface area contributed by atoms with Crippen LogP contribution in [0.2, 0.25) is 0 Å². The van der Waals surface area contributed by atoms with Crippen molar-refractivity contribution in [3.63, 3.8) is 0 Å². The Morgan fingerprint density at radius 1 is 0.917 bits per heavy atom. The molecule has 130 valence electrons. The maximum Gasteiger partial charge on any atom is 0.127 e. The number of piperazine rings is 1. The number of benzene rings is 1. The van der Waals surface area contributed by atoms with Crippen molar-refractivity contribution in [3.8, 4) is 11.5 Å². The third-order valence-electron chi connectivity index (χ3n) is 4.79. The van der Waals surface area contributed by atoms with Crippen LogP contribution in [0.4, 0.5) is 0 Å². The van der Waals surface area contributed by atoms with Crippen LogP contribution in [-0.2, 0) is 20.1 Å². The van der Waals surface area contributed by atoms with E-state index in [0.717, 1.165) is 50.8 Å². The topological polar surface area (TPSA) is 29.9 Å². The number of hydrogen-bond acceptors (Lipinski definition) is 4. The molecule has 1 aromatic heterocycles. The van der Waals surface area contributed by atoms with Gasteiger partial charge in [-0.2, -0.15) is 0 Å². The van der Waals surface area contributed by atoms with Gasteiger partial charge < -0.3 is 14.0 Å². The quantitative estimate of drug-likeness (QED) is 0.814. The second-order valence-corrected chi connectivity index (χ2v) is 6.34. The van der Waals surface area contributed by atoms with E-state index in [1.165, 1.54) is 11.3 Å². The number of hydrogen-bond donors (Lipinski definition) is 0. The summed E-state index contributed by atoms with van der Waals surface area (Å²) in [6.45, 7) is 6.32. The fourth-order valence-electron chi connectivity index (χ4n) is 3.22. The van der Waals surface area contributed by atoms with E-state index >= 15 is 0 Å². The maximum atomic E-state index is 5.51. The highest BCUT2D eigenvalue weighted by atomic mass is 16.5. The second kappa shape index (κ2) is 7.73. The molecular formula is C19H27N3O2. The van der Waals surface area contributed by atoms with Gasteiger partial charge in [-0.05, 0) is 18.2 Å². The molecule has 0 saturated carbocycles. The van der Waals surface area contributed by atoms with Gasteiger partial charge >= 0.3 is 0 Å². The van der Waals surface area contributed by atoms with E-state index in [4.69, 9.17) is 9.47 Å². The summed E-state index contributed by atoms with van der Waals surface area (Å²) in [5, 5.41) is 0. The molecule has 0 radical (unpaired) electrons. The zero-order valence-corrected chi connectivity index (χ0v) is 14.9. The van der Waals surface area contributed by atoms with E-state index in [1.54, 1.807) is 14.2 Å². The van der Waals surface area contributed by atoms with Crippen molar-refractivity contribution in [1.82, 2.24) is 14.4 Å². The minimum absolute atomic E-state index is 0.836. The first-order valence-corrected chi connectivity index (χ1v) is 8.45. The average molecular weight is 329 g/mol. The van der Waals surface area contributed by atoms with Crippen LogP contribution < -0.4 is 9.47 Å². The van der Waals surface area contributed by atoms with Gasteiger partial charge in [0.05, 0.1) is 14.2 Å². The van der Waals surface area contributed by atoms with Gasteiger partial charge in [0.25, 0.3) is 0 Å². The van der Waals surface area contributed by atoms with Gasteiger partial charge in [0.1, 0.15) is 11.5 Å². The first-order valence-electron chi connectivity index (χ1n) is 8.45. The largest absolute Gasteiger partial charge is 0.497 e. The highest BCUT2D eigenvalue weighted by Crippen LogP contribution is 2.26. The Bertz CT molecular complexity index is 660. The van der Waals surface area contributed by atoms with Crippen LogP contribution in [0, 0.1) is 0 Å². The lowest BCUT2D eigenvalue weighted by atomic mass is 10.1. The molecule has 1 aromatic carbocycles. The fraction of sp³-hybridized carbons (Fsp3) is 0.474. The predicted molar refractivity (Wildman–Crippen MR) is 95.5 cm³/mol. The molecule has 0 atom stereocenters. The van der Waals surface area contributed by atoms with E-state index in [0.29, 0.717) is 0 Å². The summed E-state index contributed by atoms with van der Waals surface area (Å²) in [6, 6.07) is 10.4. The van der Waals surface area contributed by atoms with Crippen molar-refractivity contribution in [3.05, 3.63) is 47.8 Å². The van der Waals surface area contributed by atoms with Crippen molar-refractivity contribution < 1.29 is 9.47 Å². The number of aromatic nitrogens is 1. The Kier molecular flexibility index (Phi) is 5.43. The van der Waals surface area contributed by atoms with Crippen LogP contribution >= 0.6 is 0 Å². The molecule has 0 aliphatic carbocycles. The van der Waals surface area contributed by atoms with Crippen LogP contribution in [-0.4, -0.2) is 54.8 Å². The molecule has 1 aliphatic heterocycles. The second-order valence-electron chi connectivity index (χ2n) is 6.34. The van der Waals surface area contributed by atoms with E-state index in [2.05, 4.69) is 45.8 Å². The lowest BCUT2D eigenvalue weighted by Crippen LogP contribution is -2.45. The molecule has 3 rings (SSSR count). The Morgan fingerprint density at radius 2 is 1.62 bits per heavy atom. The maximum absolute atomic E-state index is 5.51. The highest BCUT2D eigenvalue weighted by Gasteiger charge is 2.19. The van der Waals surface area contributed by atoms with E-state index < -0.39 is 0 Å². The third-order valence-corrected chi connectivity index (χ3v) is 4.79. The van der Waals surface area contributed by atoms with Gasteiger partial charge in [-0.25, -0.2) is 0 Å². The van der Waals surface area contributed by atoms with Gasteiger partial charge in [0, 0.05) is 69.8 Å². The number of aryl methyl sites for hydroxylation is 1. The normalized spacial score (nSPS) is 16.3. The summed E-state index contributed by atoms with van der Waals surface area (Å²) < 4.78 is 13.0. The van der Waals surface area contributed by atoms with Crippen molar-refractivity contribution in [2.75, 3.05) is 40.4 Å². The molecule has 5 heteroatoms. The predicted octanol–water partition coefficient (Wildman–Crippen LogP) is 2.36. The van der Waals surface area contributed by atoms with Crippen molar-refractivity contribution in [2.45, 2.75) is 13.1 Å². The molecule has 1 saturated heterocycles. The first-order chi connectivity index (χ1) is 11.7. The molecule has 1 fully saturated rings. The summed E-state index contributed by atoms with van der Waals surface area (Å²) in [5.41, 5.74) is 2.59. The van der Waals surface area contributed by atoms with E-state index in [9.17, 15) is 0 Å². The Labute approximate surface area is 144 Å². The van der Waals surface area contributed by atoms with Crippen LogP contribution in [0.15, 0.2) is 36.5 Å². The highest BCUT2D eigenvalue weighted by molar-refractivity contribution is 5.40. The SMILES string of the molecule is COc1ccc(CN2CCN(Cc3cccn3C)CC2)c(OC)c1. The summed E-state index contributed by atoms with van der Waals surface area (Å²) in [4.78, 5) is 5.02. The number of methoxy groups -OCH3 is 2. The monoisotopic (exact) mass is 329 g/mol. The fourth-order valence-corrected chi connectivity index (χ4v) is 3.22. The summed E-state index contributed by atoms with van der Waals surface area (Å²) in [6.07, 6.45) is 2.11. The Hall–Kier alpha value is -1.98. The van der Waals surface area contributed by atoms with E-state index in [-0.39, 0.29) is 0 Å². The third kappa shape index (κ3) is 3.91. The number of ether oxygens (including phenoxy) is 2. The van der Waals surface area contributed by atoms with Crippen LogP contribution in [0.1, 0.15) is 11.3 Å². The van der Waals surface area contributed by atoms with Crippen LogP contribution in [0.25, 0.3) is 0 Å². The first kappa shape index (κ1) is 16.9. The van der Waals surface area contributed by atoms with Crippen molar-refractivity contribution in [2.24, 2.45) is 7.05 Å². The van der Waals surface area contributed by atoms with Gasteiger partial charge in [-0.1, -0.05) is 6.07 Å². The van der Waals surface area contributed by atoms with E-state index in [1.807, 2.05) is 12.1 Å². The Balaban J connectivity index is 1.55. The molecule has 2 aromatic rings. The lowest BCUT2D eigenvalue weighted by Gasteiger charge is -2.35. The molecule has 0 unspecified atom stereocenters. The summed E-state index contributed by atoms with van der Waals surface area (Å²) >= 11 is 0. The standard InChI is InChI=1S/C19H27N3O2/c1-20-8-4-5-17(20)15-22-11-9-21(10-12-22)14-16-6-7-18(23-2)13-19(16)24-3/h4-8,13H,9-12,14-15H2,1-3H3. The lowest BCUT2D eigenvalue weighted by molar-refractivity contribution is 0.119.